The van der Waals surface area contributed by atoms with E-state index >= 15 is 0 Å². The Morgan fingerprint density at radius 2 is 2.00 bits per heavy atom. The highest BCUT2D eigenvalue weighted by Crippen LogP contribution is 2.21. The predicted molar refractivity (Wildman–Crippen MR) is 99.1 cm³/mol. The SMILES string of the molecule is O=C(Cc1nc2ccncc2n1-c1ccc(F)cc1)NCC1CCOCC1. The first-order valence-corrected chi connectivity index (χ1v) is 9.12. The summed E-state index contributed by atoms with van der Waals surface area (Å²) < 4.78 is 20.5. The van der Waals surface area contributed by atoms with Crippen LogP contribution in [0.15, 0.2) is 42.7 Å². The van der Waals surface area contributed by atoms with Gasteiger partial charge in [-0.15, -0.1) is 0 Å². The van der Waals surface area contributed by atoms with E-state index < -0.39 is 0 Å². The van der Waals surface area contributed by atoms with Gasteiger partial charge >= 0.3 is 0 Å². The Bertz CT molecular complexity index is 933. The van der Waals surface area contributed by atoms with E-state index in [0.717, 1.165) is 42.8 Å². The van der Waals surface area contributed by atoms with Gasteiger partial charge in [-0.05, 0) is 49.1 Å². The number of ether oxygens (including phenoxy) is 1. The van der Waals surface area contributed by atoms with Crippen molar-refractivity contribution in [3.8, 4) is 5.69 Å². The van der Waals surface area contributed by atoms with E-state index in [2.05, 4.69) is 15.3 Å². The lowest BCUT2D eigenvalue weighted by molar-refractivity contribution is -0.120. The van der Waals surface area contributed by atoms with Crippen molar-refractivity contribution in [3.63, 3.8) is 0 Å². The van der Waals surface area contributed by atoms with Crippen LogP contribution < -0.4 is 5.32 Å². The van der Waals surface area contributed by atoms with Crippen molar-refractivity contribution in [2.24, 2.45) is 5.92 Å². The molecule has 6 nitrogen and oxygen atoms in total. The van der Waals surface area contributed by atoms with Crippen LogP contribution in [0.2, 0.25) is 0 Å². The maximum atomic E-state index is 13.3. The third-order valence-corrected chi connectivity index (χ3v) is 4.86. The average molecular weight is 368 g/mol. The highest BCUT2D eigenvalue weighted by atomic mass is 19.1. The Hall–Kier alpha value is -2.80. The molecule has 0 atom stereocenters. The van der Waals surface area contributed by atoms with E-state index in [9.17, 15) is 9.18 Å². The Kier molecular flexibility index (Phi) is 5.11. The topological polar surface area (TPSA) is 69.0 Å². The minimum absolute atomic E-state index is 0.0758. The number of hydrogen-bond donors (Lipinski definition) is 1. The van der Waals surface area contributed by atoms with Crippen LogP contribution >= 0.6 is 0 Å². The molecular formula is C20H21FN4O2. The molecule has 1 amide bonds. The molecule has 27 heavy (non-hydrogen) atoms. The first-order valence-electron chi connectivity index (χ1n) is 9.12. The number of carbonyl (C=O) groups excluding carboxylic acids is 1. The minimum atomic E-state index is -0.308. The van der Waals surface area contributed by atoms with Crippen molar-refractivity contribution < 1.29 is 13.9 Å². The lowest BCUT2D eigenvalue weighted by Gasteiger charge is -2.22. The molecule has 1 aliphatic rings. The molecule has 0 aliphatic carbocycles. The summed E-state index contributed by atoms with van der Waals surface area (Å²) in [7, 11) is 0. The number of imidazole rings is 1. The quantitative estimate of drug-likeness (QED) is 0.752. The van der Waals surface area contributed by atoms with Crippen LogP contribution in [0.4, 0.5) is 4.39 Å². The maximum Gasteiger partial charge on any atom is 0.227 e. The van der Waals surface area contributed by atoms with Crippen LogP contribution in [0.3, 0.4) is 0 Å². The monoisotopic (exact) mass is 368 g/mol. The fourth-order valence-electron chi connectivity index (χ4n) is 3.39. The number of benzene rings is 1. The van der Waals surface area contributed by atoms with Gasteiger partial charge in [0, 0.05) is 31.6 Å². The summed E-state index contributed by atoms with van der Waals surface area (Å²) in [6.45, 7) is 2.17. The van der Waals surface area contributed by atoms with Crippen LogP contribution in [-0.2, 0) is 16.0 Å². The van der Waals surface area contributed by atoms with Gasteiger partial charge in [-0.2, -0.15) is 0 Å². The van der Waals surface area contributed by atoms with Gasteiger partial charge in [0.05, 0.1) is 23.7 Å². The summed E-state index contributed by atoms with van der Waals surface area (Å²) in [6.07, 6.45) is 5.46. The molecule has 0 bridgehead atoms. The molecule has 0 saturated carbocycles. The van der Waals surface area contributed by atoms with Gasteiger partial charge < -0.3 is 10.1 Å². The van der Waals surface area contributed by atoms with Gasteiger partial charge in [-0.1, -0.05) is 0 Å². The van der Waals surface area contributed by atoms with Gasteiger partial charge in [0.15, 0.2) is 0 Å². The molecule has 140 valence electrons. The summed E-state index contributed by atoms with van der Waals surface area (Å²) in [4.78, 5) is 21.3. The fraction of sp³-hybridized carbons (Fsp3) is 0.350. The van der Waals surface area contributed by atoms with E-state index in [0.29, 0.717) is 18.3 Å². The zero-order valence-corrected chi connectivity index (χ0v) is 14.9. The number of rotatable bonds is 5. The first-order chi connectivity index (χ1) is 13.2. The number of carbonyl (C=O) groups is 1. The number of pyridine rings is 1. The van der Waals surface area contributed by atoms with Crippen molar-refractivity contribution in [2.75, 3.05) is 19.8 Å². The molecule has 0 unspecified atom stereocenters. The molecule has 0 spiro atoms. The molecule has 1 saturated heterocycles. The number of nitrogens with zero attached hydrogens (tertiary/aromatic N) is 3. The third kappa shape index (κ3) is 3.98. The summed E-state index contributed by atoms with van der Waals surface area (Å²) in [5, 5.41) is 3.01. The Morgan fingerprint density at radius 1 is 1.22 bits per heavy atom. The molecule has 2 aromatic heterocycles. The normalized spacial score (nSPS) is 15.1. The van der Waals surface area contributed by atoms with Crippen molar-refractivity contribution in [2.45, 2.75) is 19.3 Å². The predicted octanol–water partition coefficient (Wildman–Crippen LogP) is 2.64. The minimum Gasteiger partial charge on any atom is -0.381 e. The number of halogens is 1. The van der Waals surface area contributed by atoms with Gasteiger partial charge in [-0.3, -0.25) is 14.3 Å². The summed E-state index contributed by atoms with van der Waals surface area (Å²) in [5.41, 5.74) is 2.29. The average Bonchev–Trinajstić information content (AvgIpc) is 3.05. The molecule has 1 aliphatic heterocycles. The number of nitrogens with one attached hydrogen (secondary N) is 1. The van der Waals surface area contributed by atoms with Gasteiger partial charge in [0.25, 0.3) is 0 Å². The van der Waals surface area contributed by atoms with E-state index in [1.807, 2.05) is 4.57 Å². The smallest absolute Gasteiger partial charge is 0.227 e. The van der Waals surface area contributed by atoms with Crippen molar-refractivity contribution >= 4 is 16.9 Å². The third-order valence-electron chi connectivity index (χ3n) is 4.86. The van der Waals surface area contributed by atoms with E-state index in [4.69, 9.17) is 4.74 Å². The van der Waals surface area contributed by atoms with Crippen molar-refractivity contribution in [3.05, 3.63) is 54.4 Å². The van der Waals surface area contributed by atoms with Crippen LogP contribution in [0.1, 0.15) is 18.7 Å². The molecule has 1 fully saturated rings. The maximum absolute atomic E-state index is 13.3. The summed E-state index contributed by atoms with van der Waals surface area (Å²) in [5.74, 6) is 0.682. The second-order valence-electron chi connectivity index (χ2n) is 6.74. The Balaban J connectivity index is 1.56. The lowest BCUT2D eigenvalue weighted by Crippen LogP contribution is -2.33. The molecule has 4 rings (SSSR count). The first kappa shape index (κ1) is 17.6. The molecule has 7 heteroatoms. The van der Waals surface area contributed by atoms with Gasteiger partial charge in [0.2, 0.25) is 5.91 Å². The highest BCUT2D eigenvalue weighted by molar-refractivity contribution is 5.82. The Labute approximate surface area is 156 Å². The van der Waals surface area contributed by atoms with Crippen molar-refractivity contribution in [1.29, 1.82) is 0 Å². The summed E-state index contributed by atoms with van der Waals surface area (Å²) >= 11 is 0. The molecule has 3 heterocycles. The molecule has 0 radical (unpaired) electrons. The highest BCUT2D eigenvalue weighted by Gasteiger charge is 2.18. The summed E-state index contributed by atoms with van der Waals surface area (Å²) in [6, 6.07) is 7.94. The largest absolute Gasteiger partial charge is 0.381 e. The molecule has 1 N–H and O–H groups in total. The van der Waals surface area contributed by atoms with Crippen LogP contribution in [-0.4, -0.2) is 40.2 Å². The van der Waals surface area contributed by atoms with Gasteiger partial charge in [-0.25, -0.2) is 9.37 Å². The van der Waals surface area contributed by atoms with E-state index in [1.165, 1.54) is 12.1 Å². The fourth-order valence-corrected chi connectivity index (χ4v) is 3.39. The number of hydrogen-bond acceptors (Lipinski definition) is 4. The van der Waals surface area contributed by atoms with Crippen LogP contribution in [0, 0.1) is 11.7 Å². The lowest BCUT2D eigenvalue weighted by atomic mass is 10.0. The zero-order valence-electron chi connectivity index (χ0n) is 14.9. The van der Waals surface area contributed by atoms with E-state index in [-0.39, 0.29) is 18.1 Å². The standard InChI is InChI=1S/C20H21FN4O2/c21-15-1-3-16(4-2-15)25-18-13-22-8-5-17(18)24-19(25)11-20(26)23-12-14-6-9-27-10-7-14/h1-5,8,13-14H,6-7,9-12H2,(H,23,26). The molecular weight excluding hydrogens is 347 g/mol. The number of aromatic nitrogens is 3. The Morgan fingerprint density at radius 3 is 2.78 bits per heavy atom. The number of amides is 1. The second-order valence-corrected chi connectivity index (χ2v) is 6.74. The molecule has 3 aromatic rings. The zero-order chi connectivity index (χ0) is 18.6. The number of fused-ring (bicyclic) bond motifs is 1. The van der Waals surface area contributed by atoms with Crippen LogP contribution in [0.25, 0.3) is 16.7 Å². The molecule has 1 aromatic carbocycles. The second kappa shape index (κ2) is 7.84. The van der Waals surface area contributed by atoms with Crippen LogP contribution in [0.5, 0.6) is 0 Å². The van der Waals surface area contributed by atoms with E-state index in [1.54, 1.807) is 30.6 Å². The van der Waals surface area contributed by atoms with Crippen molar-refractivity contribution in [1.82, 2.24) is 19.9 Å². The van der Waals surface area contributed by atoms with Gasteiger partial charge in [0.1, 0.15) is 11.6 Å².